The molecule has 0 aliphatic rings. The number of carbonyl (C=O) groups is 2. The molecule has 0 saturated carbocycles. The molecule has 0 N–H and O–H groups in total. The van der Waals surface area contributed by atoms with E-state index in [1.54, 1.807) is 6.07 Å². The third-order valence-corrected chi connectivity index (χ3v) is 3.00. The average molecular weight is 311 g/mol. The summed E-state index contributed by atoms with van der Waals surface area (Å²) in [6.07, 6.45) is 1.06. The molecule has 18 heavy (non-hydrogen) atoms. The van der Waals surface area contributed by atoms with Gasteiger partial charge in [-0.3, -0.25) is 9.59 Å². The summed E-state index contributed by atoms with van der Waals surface area (Å²) in [5.74, 6) is -1.10. The van der Waals surface area contributed by atoms with Gasteiger partial charge in [0.2, 0.25) is 5.78 Å². The van der Waals surface area contributed by atoms with Crippen molar-refractivity contribution in [3.05, 3.63) is 58.2 Å². The lowest BCUT2D eigenvalue weighted by Crippen LogP contribution is -2.08. The molecule has 92 valence electrons. The number of benzene rings is 1. The number of rotatable bonds is 4. The summed E-state index contributed by atoms with van der Waals surface area (Å²) >= 11 is 3.09. The minimum absolute atomic E-state index is 0.140. The topological polar surface area (TPSA) is 47.3 Å². The first-order valence-electron chi connectivity index (χ1n) is 5.13. The maximum Gasteiger partial charge on any atom is 0.205 e. The van der Waals surface area contributed by atoms with Gasteiger partial charge in [-0.25, -0.2) is 4.39 Å². The van der Waals surface area contributed by atoms with Crippen molar-refractivity contribution >= 4 is 27.5 Å². The van der Waals surface area contributed by atoms with E-state index in [-0.39, 0.29) is 23.5 Å². The lowest BCUT2D eigenvalue weighted by molar-refractivity contribution is 0.0877. The molecule has 2 rings (SSSR count). The third kappa shape index (κ3) is 2.73. The summed E-state index contributed by atoms with van der Waals surface area (Å²) in [4.78, 5) is 23.5. The van der Waals surface area contributed by atoms with Crippen LogP contribution in [0, 0.1) is 5.82 Å². The van der Waals surface area contributed by atoms with Crippen molar-refractivity contribution in [1.82, 2.24) is 0 Å². The van der Waals surface area contributed by atoms with Crippen LogP contribution >= 0.6 is 15.9 Å². The fourth-order valence-electron chi connectivity index (χ4n) is 1.48. The number of halogens is 2. The summed E-state index contributed by atoms with van der Waals surface area (Å²) < 4.78 is 18.1. The van der Waals surface area contributed by atoms with Gasteiger partial charge >= 0.3 is 0 Å². The minimum atomic E-state index is -0.448. The zero-order valence-electron chi connectivity index (χ0n) is 9.15. The highest BCUT2D eigenvalue weighted by Gasteiger charge is 2.17. The van der Waals surface area contributed by atoms with Crippen LogP contribution in [-0.2, 0) is 0 Å². The molecule has 3 nitrogen and oxygen atoms in total. The van der Waals surface area contributed by atoms with Crippen LogP contribution in [0.5, 0.6) is 0 Å². The molecule has 0 saturated heterocycles. The van der Waals surface area contributed by atoms with E-state index in [1.165, 1.54) is 30.5 Å². The third-order valence-electron chi connectivity index (χ3n) is 2.35. The normalized spacial score (nSPS) is 10.3. The summed E-state index contributed by atoms with van der Waals surface area (Å²) in [7, 11) is 0. The van der Waals surface area contributed by atoms with Gasteiger partial charge in [-0.2, -0.15) is 0 Å². The monoisotopic (exact) mass is 310 g/mol. The lowest BCUT2D eigenvalue weighted by atomic mass is 10.1. The zero-order chi connectivity index (χ0) is 13.1. The number of Topliss-reactive ketones (excluding diaryl/α,β-unsaturated/α-hetero) is 2. The Morgan fingerprint density at radius 2 is 2.00 bits per heavy atom. The van der Waals surface area contributed by atoms with E-state index in [2.05, 4.69) is 15.9 Å². The second-order valence-corrected chi connectivity index (χ2v) is 4.48. The summed E-state index contributed by atoms with van der Waals surface area (Å²) in [5.41, 5.74) is 0.274. The Bertz CT molecular complexity index is 590. The van der Waals surface area contributed by atoms with Gasteiger partial charge in [0.05, 0.1) is 12.7 Å². The van der Waals surface area contributed by atoms with Crippen LogP contribution < -0.4 is 0 Å². The van der Waals surface area contributed by atoms with Crippen LogP contribution in [-0.4, -0.2) is 11.6 Å². The van der Waals surface area contributed by atoms with Crippen molar-refractivity contribution in [2.24, 2.45) is 0 Å². The second-order valence-electron chi connectivity index (χ2n) is 3.62. The van der Waals surface area contributed by atoms with Gasteiger partial charge in [0.1, 0.15) is 5.82 Å². The first-order valence-corrected chi connectivity index (χ1v) is 5.92. The molecule has 0 aliphatic heterocycles. The predicted molar refractivity (Wildman–Crippen MR) is 66.1 cm³/mol. The number of carbonyl (C=O) groups excluding carboxylic acids is 2. The van der Waals surface area contributed by atoms with Gasteiger partial charge in [0.15, 0.2) is 11.5 Å². The van der Waals surface area contributed by atoms with Crippen LogP contribution in [0.4, 0.5) is 4.39 Å². The maximum atomic E-state index is 12.9. The first kappa shape index (κ1) is 12.7. The molecule has 0 radical (unpaired) electrons. The van der Waals surface area contributed by atoms with Crippen molar-refractivity contribution in [2.45, 2.75) is 6.42 Å². The van der Waals surface area contributed by atoms with Crippen LogP contribution in [0.25, 0.3) is 0 Å². The van der Waals surface area contributed by atoms with Gasteiger partial charge < -0.3 is 4.42 Å². The van der Waals surface area contributed by atoms with Crippen molar-refractivity contribution < 1.29 is 18.4 Å². The van der Waals surface area contributed by atoms with Crippen molar-refractivity contribution in [1.29, 1.82) is 0 Å². The highest BCUT2D eigenvalue weighted by Crippen LogP contribution is 2.20. The van der Waals surface area contributed by atoms with Crippen LogP contribution in [0.15, 0.2) is 45.5 Å². The largest absolute Gasteiger partial charge is 0.461 e. The lowest BCUT2D eigenvalue weighted by Gasteiger charge is -2.02. The molecule has 0 atom stereocenters. The quantitative estimate of drug-likeness (QED) is 0.640. The van der Waals surface area contributed by atoms with E-state index in [4.69, 9.17) is 4.42 Å². The van der Waals surface area contributed by atoms with E-state index < -0.39 is 11.6 Å². The van der Waals surface area contributed by atoms with Crippen LogP contribution in [0.2, 0.25) is 0 Å². The standard InChI is InChI=1S/C13H8BrFO3/c14-10-6-8(15)3-4-9(10)11(16)7-12(17)13-2-1-5-18-13/h1-6H,7H2. The first-order chi connectivity index (χ1) is 8.58. The zero-order valence-corrected chi connectivity index (χ0v) is 10.7. The van der Waals surface area contributed by atoms with Gasteiger partial charge in [0.25, 0.3) is 0 Å². The number of hydrogen-bond acceptors (Lipinski definition) is 3. The number of ketones is 2. The average Bonchev–Trinajstić information content (AvgIpc) is 2.81. The Kier molecular flexibility index (Phi) is 3.72. The van der Waals surface area contributed by atoms with Crippen molar-refractivity contribution in [3.63, 3.8) is 0 Å². The fourth-order valence-corrected chi connectivity index (χ4v) is 2.05. The molecule has 0 bridgehead atoms. The summed E-state index contributed by atoms with van der Waals surface area (Å²) in [6.45, 7) is 0. The Morgan fingerprint density at radius 3 is 2.61 bits per heavy atom. The van der Waals surface area contributed by atoms with E-state index in [0.717, 1.165) is 0 Å². The van der Waals surface area contributed by atoms with Crippen molar-refractivity contribution in [2.75, 3.05) is 0 Å². The van der Waals surface area contributed by atoms with Crippen LogP contribution in [0.1, 0.15) is 27.3 Å². The molecule has 5 heteroatoms. The predicted octanol–water partition coefficient (Wildman–Crippen LogP) is 3.64. The molecule has 0 amide bonds. The molecule has 1 aromatic heterocycles. The Morgan fingerprint density at radius 1 is 1.22 bits per heavy atom. The highest BCUT2D eigenvalue weighted by molar-refractivity contribution is 9.10. The van der Waals surface area contributed by atoms with Gasteiger partial charge in [-0.1, -0.05) is 0 Å². The Labute approximate surface area is 111 Å². The molecule has 2 aromatic rings. The van der Waals surface area contributed by atoms with E-state index in [0.29, 0.717) is 4.47 Å². The maximum absolute atomic E-state index is 12.9. The molecule has 1 heterocycles. The molecule has 0 unspecified atom stereocenters. The van der Waals surface area contributed by atoms with Crippen molar-refractivity contribution in [3.8, 4) is 0 Å². The van der Waals surface area contributed by atoms with Gasteiger partial charge in [0, 0.05) is 10.0 Å². The van der Waals surface area contributed by atoms with Gasteiger partial charge in [-0.05, 0) is 46.3 Å². The molecule has 0 spiro atoms. The highest BCUT2D eigenvalue weighted by atomic mass is 79.9. The molecule has 0 fully saturated rings. The smallest absolute Gasteiger partial charge is 0.205 e. The summed E-state index contributed by atoms with van der Waals surface area (Å²) in [5, 5.41) is 0. The SMILES string of the molecule is O=C(CC(=O)c1ccc(F)cc1Br)c1ccco1. The van der Waals surface area contributed by atoms with E-state index >= 15 is 0 Å². The minimum Gasteiger partial charge on any atom is -0.461 e. The van der Waals surface area contributed by atoms with E-state index in [1.807, 2.05) is 0 Å². The Hall–Kier alpha value is -1.75. The fraction of sp³-hybridized carbons (Fsp3) is 0.0769. The molecular weight excluding hydrogens is 303 g/mol. The molecule has 0 aliphatic carbocycles. The molecular formula is C13H8BrFO3. The van der Waals surface area contributed by atoms with E-state index in [9.17, 15) is 14.0 Å². The van der Waals surface area contributed by atoms with Crippen LogP contribution in [0.3, 0.4) is 0 Å². The van der Waals surface area contributed by atoms with Gasteiger partial charge in [-0.15, -0.1) is 0 Å². The Balaban J connectivity index is 2.15. The molecule has 1 aromatic carbocycles. The number of hydrogen-bond donors (Lipinski definition) is 0. The summed E-state index contributed by atoms with van der Waals surface area (Å²) in [6, 6.07) is 6.78. The second kappa shape index (κ2) is 5.27. The number of furan rings is 1.